The Morgan fingerprint density at radius 3 is 2.19 bits per heavy atom. The molecule has 0 aromatic heterocycles. The summed E-state index contributed by atoms with van der Waals surface area (Å²) in [6.07, 6.45) is 10.9. The highest BCUT2D eigenvalue weighted by molar-refractivity contribution is 7.89. The van der Waals surface area contributed by atoms with E-state index in [4.69, 9.17) is 0 Å². The van der Waals surface area contributed by atoms with Crippen LogP contribution >= 0.6 is 0 Å². The fourth-order valence-electron chi connectivity index (χ4n) is 4.49. The minimum atomic E-state index is -3.03. The Kier molecular flexibility index (Phi) is 4.91. The van der Waals surface area contributed by atoms with E-state index in [0.29, 0.717) is 17.1 Å². The molecule has 122 valence electrons. The van der Waals surface area contributed by atoms with Gasteiger partial charge >= 0.3 is 0 Å². The molecule has 1 spiro atoms. The van der Waals surface area contributed by atoms with Crippen molar-refractivity contribution in [1.82, 2.24) is 9.62 Å². The second-order valence-corrected chi connectivity index (χ2v) is 9.45. The van der Waals surface area contributed by atoms with Crippen LogP contribution in [0.2, 0.25) is 0 Å². The second kappa shape index (κ2) is 6.55. The van der Waals surface area contributed by atoms with E-state index in [1.165, 1.54) is 32.1 Å². The van der Waals surface area contributed by atoms with Gasteiger partial charge in [0.05, 0.1) is 5.75 Å². The van der Waals surface area contributed by atoms with E-state index in [1.54, 1.807) is 4.31 Å². The lowest BCUT2D eigenvalue weighted by molar-refractivity contribution is 0.102. The van der Waals surface area contributed by atoms with E-state index >= 15 is 0 Å². The molecule has 0 bridgehead atoms. The summed E-state index contributed by atoms with van der Waals surface area (Å²) in [5.74, 6) is 0.739. The van der Waals surface area contributed by atoms with E-state index in [1.807, 2.05) is 0 Å². The third kappa shape index (κ3) is 3.80. The predicted octanol–water partition coefficient (Wildman–Crippen LogP) is 2.36. The highest BCUT2D eigenvalue weighted by Crippen LogP contribution is 2.44. The zero-order valence-electron chi connectivity index (χ0n) is 13.1. The lowest BCUT2D eigenvalue weighted by Crippen LogP contribution is -2.46. The number of sulfonamides is 1. The summed E-state index contributed by atoms with van der Waals surface area (Å²) < 4.78 is 27.1. The summed E-state index contributed by atoms with van der Waals surface area (Å²) in [5, 5.41) is 3.31. The lowest BCUT2D eigenvalue weighted by atomic mass is 9.68. The van der Waals surface area contributed by atoms with Gasteiger partial charge in [0, 0.05) is 13.1 Å². The Morgan fingerprint density at radius 1 is 0.952 bits per heavy atom. The van der Waals surface area contributed by atoms with Gasteiger partial charge in [-0.3, -0.25) is 0 Å². The summed E-state index contributed by atoms with van der Waals surface area (Å²) in [5.41, 5.74) is 0.485. The van der Waals surface area contributed by atoms with E-state index in [2.05, 4.69) is 5.32 Å². The maximum atomic E-state index is 12.6. The van der Waals surface area contributed by atoms with Gasteiger partial charge in [-0.15, -0.1) is 0 Å². The van der Waals surface area contributed by atoms with Crippen molar-refractivity contribution in [1.29, 1.82) is 0 Å². The first-order chi connectivity index (χ1) is 10.1. The zero-order chi connectivity index (χ0) is 14.8. The largest absolute Gasteiger partial charge is 0.317 e. The Balaban J connectivity index is 1.54. The first-order valence-corrected chi connectivity index (χ1v) is 10.4. The first kappa shape index (κ1) is 15.8. The third-order valence-corrected chi connectivity index (χ3v) is 8.04. The van der Waals surface area contributed by atoms with E-state index in [-0.39, 0.29) is 0 Å². The minimum Gasteiger partial charge on any atom is -0.317 e. The number of nitrogens with zero attached hydrogens (tertiary/aromatic N) is 1. The molecule has 0 unspecified atom stereocenters. The summed E-state index contributed by atoms with van der Waals surface area (Å²) in [7, 11) is -3.03. The monoisotopic (exact) mass is 314 g/mol. The highest BCUT2D eigenvalue weighted by atomic mass is 32.2. The number of hydrogen-bond donors (Lipinski definition) is 1. The number of rotatable bonds is 3. The topological polar surface area (TPSA) is 49.4 Å². The fourth-order valence-corrected chi connectivity index (χ4v) is 6.37. The average molecular weight is 314 g/mol. The fraction of sp³-hybridized carbons (Fsp3) is 1.00. The molecule has 1 N–H and O–H groups in total. The van der Waals surface area contributed by atoms with Gasteiger partial charge in [-0.2, -0.15) is 0 Å². The summed E-state index contributed by atoms with van der Waals surface area (Å²) in [6.45, 7) is 3.49. The number of hydrogen-bond acceptors (Lipinski definition) is 3. The van der Waals surface area contributed by atoms with Gasteiger partial charge < -0.3 is 5.32 Å². The van der Waals surface area contributed by atoms with Crippen LogP contribution in [0.15, 0.2) is 0 Å². The maximum absolute atomic E-state index is 12.6. The van der Waals surface area contributed by atoms with Gasteiger partial charge in [0.25, 0.3) is 0 Å². The van der Waals surface area contributed by atoms with Gasteiger partial charge in [0.2, 0.25) is 10.0 Å². The quantitative estimate of drug-likeness (QED) is 0.870. The number of piperidine rings is 2. The molecule has 0 amide bonds. The van der Waals surface area contributed by atoms with Crippen LogP contribution in [-0.2, 0) is 10.0 Å². The molecule has 0 atom stereocenters. The molecule has 2 heterocycles. The van der Waals surface area contributed by atoms with Gasteiger partial charge in [-0.1, -0.05) is 19.3 Å². The number of nitrogens with one attached hydrogen (secondary N) is 1. The third-order valence-electron chi connectivity index (χ3n) is 6.00. The molecule has 3 rings (SSSR count). The van der Waals surface area contributed by atoms with Crippen LogP contribution in [-0.4, -0.2) is 44.7 Å². The normalized spacial score (nSPS) is 28.8. The van der Waals surface area contributed by atoms with Crippen LogP contribution in [0.4, 0.5) is 0 Å². The molecule has 4 nitrogen and oxygen atoms in total. The molecule has 0 aromatic carbocycles. The lowest BCUT2D eigenvalue weighted by Gasteiger charge is -2.44. The molecule has 2 aliphatic heterocycles. The average Bonchev–Trinajstić information content (AvgIpc) is 2.49. The predicted molar refractivity (Wildman–Crippen MR) is 85.7 cm³/mol. The standard InChI is InChI=1S/C16H30N2O2S/c19-21(20,14-15-4-10-17-11-5-15)18-12-8-16(9-13-18)6-2-1-3-7-16/h15,17H,1-14H2. The van der Waals surface area contributed by atoms with Crippen molar-refractivity contribution >= 4 is 10.0 Å². The molecule has 1 aliphatic carbocycles. The van der Waals surface area contributed by atoms with Crippen LogP contribution in [0.5, 0.6) is 0 Å². The van der Waals surface area contributed by atoms with Crippen molar-refractivity contribution in [3.8, 4) is 0 Å². The Bertz CT molecular complexity index is 427. The highest BCUT2D eigenvalue weighted by Gasteiger charge is 2.39. The van der Waals surface area contributed by atoms with Crippen molar-refractivity contribution in [2.75, 3.05) is 31.9 Å². The molecule has 2 saturated heterocycles. The van der Waals surface area contributed by atoms with E-state index < -0.39 is 10.0 Å². The molecule has 0 radical (unpaired) electrons. The van der Waals surface area contributed by atoms with Crippen LogP contribution in [0.25, 0.3) is 0 Å². The molecular weight excluding hydrogens is 284 g/mol. The van der Waals surface area contributed by atoms with E-state index in [0.717, 1.165) is 51.9 Å². The van der Waals surface area contributed by atoms with Gasteiger partial charge in [0.15, 0.2) is 0 Å². The van der Waals surface area contributed by atoms with Crippen LogP contribution < -0.4 is 5.32 Å². The van der Waals surface area contributed by atoms with Gasteiger partial charge in [0.1, 0.15) is 0 Å². The van der Waals surface area contributed by atoms with Crippen LogP contribution in [0, 0.1) is 11.3 Å². The van der Waals surface area contributed by atoms with Gasteiger partial charge in [-0.25, -0.2) is 12.7 Å². The molecule has 1 saturated carbocycles. The summed E-state index contributed by atoms with van der Waals surface area (Å²) in [4.78, 5) is 0. The van der Waals surface area contributed by atoms with Crippen molar-refractivity contribution < 1.29 is 8.42 Å². The maximum Gasteiger partial charge on any atom is 0.214 e. The Morgan fingerprint density at radius 2 is 1.57 bits per heavy atom. The molecular formula is C16H30N2O2S. The smallest absolute Gasteiger partial charge is 0.214 e. The van der Waals surface area contributed by atoms with Crippen LogP contribution in [0.3, 0.4) is 0 Å². The van der Waals surface area contributed by atoms with Crippen molar-refractivity contribution in [2.24, 2.45) is 11.3 Å². The van der Waals surface area contributed by atoms with E-state index in [9.17, 15) is 8.42 Å². The molecule has 21 heavy (non-hydrogen) atoms. The molecule has 5 heteroatoms. The molecule has 0 aromatic rings. The zero-order valence-corrected chi connectivity index (χ0v) is 14.0. The van der Waals surface area contributed by atoms with Crippen LogP contribution in [0.1, 0.15) is 57.8 Å². The second-order valence-electron chi connectivity index (χ2n) is 7.43. The molecule has 3 fully saturated rings. The Labute approximate surface area is 129 Å². The molecule has 3 aliphatic rings. The van der Waals surface area contributed by atoms with Crippen molar-refractivity contribution in [3.05, 3.63) is 0 Å². The van der Waals surface area contributed by atoms with Gasteiger partial charge in [-0.05, 0) is 62.9 Å². The summed E-state index contributed by atoms with van der Waals surface area (Å²) >= 11 is 0. The Hall–Kier alpha value is -0.130. The first-order valence-electron chi connectivity index (χ1n) is 8.78. The minimum absolute atomic E-state index is 0.363. The summed E-state index contributed by atoms with van der Waals surface area (Å²) in [6, 6.07) is 0. The SMILES string of the molecule is O=S(=O)(CC1CCNCC1)N1CCC2(CCCCC2)CC1. The van der Waals surface area contributed by atoms with Crippen molar-refractivity contribution in [2.45, 2.75) is 57.8 Å². The van der Waals surface area contributed by atoms with Crippen molar-refractivity contribution in [3.63, 3.8) is 0 Å².